The summed E-state index contributed by atoms with van der Waals surface area (Å²) in [5, 5.41) is -0.858. The summed E-state index contributed by atoms with van der Waals surface area (Å²) in [5.41, 5.74) is 0. The van der Waals surface area contributed by atoms with Crippen LogP contribution in [0.15, 0.2) is 35.2 Å². The van der Waals surface area contributed by atoms with E-state index in [1.165, 1.54) is 0 Å². The van der Waals surface area contributed by atoms with Gasteiger partial charge in [-0.05, 0) is 44.0 Å². The lowest BCUT2D eigenvalue weighted by molar-refractivity contribution is 0.151. The highest BCUT2D eigenvalue weighted by atomic mass is 32.2. The molecule has 0 N–H and O–H groups in total. The molecule has 2 saturated heterocycles. The van der Waals surface area contributed by atoms with Gasteiger partial charge in [0.2, 0.25) is 0 Å². The largest absolute Gasteiger partial charge is 0.298 e. The SMILES string of the molecule is CC1CCN([C@H]2CS(=O)(=O)C[C@@H]2S(=O)(=O)c2ccccc2)CC1. The van der Waals surface area contributed by atoms with Crippen molar-refractivity contribution < 1.29 is 16.8 Å². The Hall–Kier alpha value is -0.920. The van der Waals surface area contributed by atoms with Crippen LogP contribution < -0.4 is 0 Å². The lowest BCUT2D eigenvalue weighted by atomic mass is 9.98. The molecule has 7 heteroatoms. The van der Waals surface area contributed by atoms with E-state index in [2.05, 4.69) is 11.8 Å². The number of rotatable bonds is 3. The Labute approximate surface area is 138 Å². The van der Waals surface area contributed by atoms with Gasteiger partial charge in [0.05, 0.1) is 21.7 Å². The van der Waals surface area contributed by atoms with Crippen LogP contribution >= 0.6 is 0 Å². The lowest BCUT2D eigenvalue weighted by Gasteiger charge is -2.36. The van der Waals surface area contributed by atoms with Crippen LogP contribution in [0.3, 0.4) is 0 Å². The van der Waals surface area contributed by atoms with Crippen molar-refractivity contribution >= 4 is 19.7 Å². The van der Waals surface area contributed by atoms with Crippen molar-refractivity contribution in [2.75, 3.05) is 24.6 Å². The van der Waals surface area contributed by atoms with E-state index in [9.17, 15) is 16.8 Å². The number of nitrogens with zero attached hydrogens (tertiary/aromatic N) is 1. The quantitative estimate of drug-likeness (QED) is 0.817. The van der Waals surface area contributed by atoms with Crippen LogP contribution in [0.1, 0.15) is 19.8 Å². The molecule has 0 radical (unpaired) electrons. The number of hydrogen-bond donors (Lipinski definition) is 0. The van der Waals surface area contributed by atoms with E-state index in [-0.39, 0.29) is 16.4 Å². The average Bonchev–Trinajstić information content (AvgIpc) is 2.85. The van der Waals surface area contributed by atoms with Gasteiger partial charge in [0, 0.05) is 6.04 Å². The highest BCUT2D eigenvalue weighted by Gasteiger charge is 2.48. The van der Waals surface area contributed by atoms with Gasteiger partial charge in [-0.15, -0.1) is 0 Å². The van der Waals surface area contributed by atoms with Gasteiger partial charge in [0.15, 0.2) is 19.7 Å². The summed E-state index contributed by atoms with van der Waals surface area (Å²) in [5.74, 6) is 0.312. The third-order valence-corrected chi connectivity index (χ3v) is 9.16. The summed E-state index contributed by atoms with van der Waals surface area (Å²) < 4.78 is 50.2. The molecule has 1 aromatic carbocycles. The molecule has 0 amide bonds. The molecule has 0 bridgehead atoms. The Balaban J connectivity index is 1.92. The molecule has 1 aromatic rings. The molecule has 2 atom stereocenters. The standard InChI is InChI=1S/C16H23NO4S2/c1-13-7-9-17(10-8-13)15-11-22(18,19)12-16(15)23(20,21)14-5-3-2-4-6-14/h2-6,13,15-16H,7-12H2,1H3/t15-,16-/m0/s1. The first-order chi connectivity index (χ1) is 10.8. The fourth-order valence-electron chi connectivity index (χ4n) is 3.58. The van der Waals surface area contributed by atoms with Crippen LogP contribution in [0.5, 0.6) is 0 Å². The second kappa shape index (κ2) is 6.18. The van der Waals surface area contributed by atoms with Crippen molar-refractivity contribution in [3.05, 3.63) is 30.3 Å². The molecule has 5 nitrogen and oxygen atoms in total. The van der Waals surface area contributed by atoms with Gasteiger partial charge < -0.3 is 0 Å². The van der Waals surface area contributed by atoms with E-state index >= 15 is 0 Å². The van der Waals surface area contributed by atoms with Gasteiger partial charge in [0.25, 0.3) is 0 Å². The maximum absolute atomic E-state index is 12.9. The smallest absolute Gasteiger partial charge is 0.183 e. The zero-order chi connectivity index (χ0) is 16.7. The van der Waals surface area contributed by atoms with E-state index in [0.717, 1.165) is 25.9 Å². The first-order valence-electron chi connectivity index (χ1n) is 8.03. The van der Waals surface area contributed by atoms with Crippen molar-refractivity contribution in [2.24, 2.45) is 5.92 Å². The molecule has 0 aliphatic carbocycles. The van der Waals surface area contributed by atoms with Gasteiger partial charge >= 0.3 is 0 Å². The zero-order valence-corrected chi connectivity index (χ0v) is 14.9. The molecule has 2 aliphatic heterocycles. The van der Waals surface area contributed by atoms with E-state index < -0.39 is 31.0 Å². The van der Waals surface area contributed by atoms with Crippen LogP contribution in [-0.4, -0.2) is 57.6 Å². The number of likely N-dealkylation sites (tertiary alicyclic amines) is 1. The minimum Gasteiger partial charge on any atom is -0.298 e. The maximum Gasteiger partial charge on any atom is 0.183 e. The third kappa shape index (κ3) is 3.46. The molecular weight excluding hydrogens is 334 g/mol. The number of piperidine rings is 1. The molecule has 0 unspecified atom stereocenters. The fraction of sp³-hybridized carbons (Fsp3) is 0.625. The molecule has 2 fully saturated rings. The fourth-order valence-corrected chi connectivity index (χ4v) is 8.43. The van der Waals surface area contributed by atoms with Gasteiger partial charge in [-0.3, -0.25) is 4.90 Å². The summed E-state index contributed by atoms with van der Waals surface area (Å²) in [4.78, 5) is 2.30. The van der Waals surface area contributed by atoms with Crippen LogP contribution in [0.2, 0.25) is 0 Å². The summed E-state index contributed by atoms with van der Waals surface area (Å²) in [7, 11) is -6.96. The van der Waals surface area contributed by atoms with E-state index in [0.29, 0.717) is 5.92 Å². The molecule has 0 saturated carbocycles. The van der Waals surface area contributed by atoms with Gasteiger partial charge in [-0.1, -0.05) is 25.1 Å². The van der Waals surface area contributed by atoms with Crippen molar-refractivity contribution in [3.8, 4) is 0 Å². The predicted molar refractivity (Wildman–Crippen MR) is 89.8 cm³/mol. The maximum atomic E-state index is 12.9. The van der Waals surface area contributed by atoms with Crippen molar-refractivity contribution in [1.29, 1.82) is 0 Å². The highest BCUT2D eigenvalue weighted by molar-refractivity contribution is 7.96. The Morgan fingerprint density at radius 1 is 1.04 bits per heavy atom. The third-order valence-electron chi connectivity index (χ3n) is 5.03. The summed E-state index contributed by atoms with van der Waals surface area (Å²) in [6.07, 6.45) is 1.99. The Morgan fingerprint density at radius 2 is 1.65 bits per heavy atom. The molecule has 3 rings (SSSR count). The predicted octanol–water partition coefficient (Wildman–Crippen LogP) is 1.36. The number of benzene rings is 1. The molecular formula is C16H23NO4S2. The van der Waals surface area contributed by atoms with Crippen LogP contribution in [-0.2, 0) is 19.7 Å². The van der Waals surface area contributed by atoms with Crippen LogP contribution in [0, 0.1) is 5.92 Å². The topological polar surface area (TPSA) is 71.5 Å². The van der Waals surface area contributed by atoms with Gasteiger partial charge in [-0.2, -0.15) is 0 Å². The molecule has 23 heavy (non-hydrogen) atoms. The van der Waals surface area contributed by atoms with E-state index in [1.54, 1.807) is 30.3 Å². The van der Waals surface area contributed by atoms with Crippen molar-refractivity contribution in [3.63, 3.8) is 0 Å². The zero-order valence-electron chi connectivity index (χ0n) is 13.3. The summed E-state index contributed by atoms with van der Waals surface area (Å²) in [6, 6.07) is 7.79. The van der Waals surface area contributed by atoms with Crippen molar-refractivity contribution in [1.82, 2.24) is 4.90 Å². The first-order valence-corrected chi connectivity index (χ1v) is 11.4. The second-order valence-electron chi connectivity index (χ2n) is 6.76. The van der Waals surface area contributed by atoms with E-state index in [1.807, 2.05) is 0 Å². The minimum atomic E-state index is -3.64. The average molecular weight is 357 g/mol. The van der Waals surface area contributed by atoms with Gasteiger partial charge in [0.1, 0.15) is 0 Å². The highest BCUT2D eigenvalue weighted by Crippen LogP contribution is 2.31. The Kier molecular flexibility index (Phi) is 4.55. The summed E-state index contributed by atoms with van der Waals surface area (Å²) >= 11 is 0. The molecule has 2 heterocycles. The molecule has 0 spiro atoms. The minimum absolute atomic E-state index is 0.0435. The summed E-state index contributed by atoms with van der Waals surface area (Å²) in [6.45, 7) is 3.74. The second-order valence-corrected chi connectivity index (χ2v) is 11.1. The normalized spacial score (nSPS) is 29.6. The van der Waals surface area contributed by atoms with Crippen LogP contribution in [0.4, 0.5) is 0 Å². The molecule has 2 aliphatic rings. The van der Waals surface area contributed by atoms with Crippen molar-refractivity contribution in [2.45, 2.75) is 36.0 Å². The Morgan fingerprint density at radius 3 is 2.26 bits per heavy atom. The molecule has 0 aromatic heterocycles. The number of sulfone groups is 2. The first kappa shape index (κ1) is 16.9. The monoisotopic (exact) mass is 357 g/mol. The lowest BCUT2D eigenvalue weighted by Crippen LogP contribution is -2.49. The number of hydrogen-bond acceptors (Lipinski definition) is 5. The molecule has 128 valence electrons. The van der Waals surface area contributed by atoms with Crippen LogP contribution in [0.25, 0.3) is 0 Å². The Bertz CT molecular complexity index is 751. The van der Waals surface area contributed by atoms with E-state index in [4.69, 9.17) is 0 Å². The van der Waals surface area contributed by atoms with Gasteiger partial charge in [-0.25, -0.2) is 16.8 Å².